The molecule has 0 fully saturated rings. The molecular weight excluding hydrogens is 380 g/mol. The highest BCUT2D eigenvalue weighted by atomic mass is 32.2. The van der Waals surface area contributed by atoms with Crippen LogP contribution in [0.3, 0.4) is 0 Å². The first-order chi connectivity index (χ1) is 13.2. The third kappa shape index (κ3) is 6.31. The molecule has 28 heavy (non-hydrogen) atoms. The first-order valence-corrected chi connectivity index (χ1v) is 10.4. The van der Waals surface area contributed by atoms with Crippen molar-refractivity contribution < 1.29 is 22.7 Å². The van der Waals surface area contributed by atoms with E-state index >= 15 is 0 Å². The zero-order chi connectivity index (χ0) is 20.7. The summed E-state index contributed by atoms with van der Waals surface area (Å²) in [6.07, 6.45) is 4.15. The number of rotatable bonds is 8. The number of sulfonamides is 1. The molecule has 0 aliphatic carbocycles. The minimum Gasteiger partial charge on any atom is -0.497 e. The van der Waals surface area contributed by atoms with Gasteiger partial charge in [0.15, 0.2) is 0 Å². The van der Waals surface area contributed by atoms with Gasteiger partial charge in [0.1, 0.15) is 11.5 Å². The standard InChI is InChI=1S/C20H24N2O5S/c1-14(18-13-17(26-2)10-11-19(18)27-3)21-20(23)12-7-15-5-8-16(9-6-15)22-28(4,24)25/h5-14,22H,1-4H3,(H,21,23)/b12-7+. The molecule has 0 bridgehead atoms. The van der Waals surface area contributed by atoms with Gasteiger partial charge in [0, 0.05) is 17.3 Å². The summed E-state index contributed by atoms with van der Waals surface area (Å²) in [7, 11) is -0.169. The Bertz CT molecular complexity index is 953. The summed E-state index contributed by atoms with van der Waals surface area (Å²) in [6.45, 7) is 1.86. The average Bonchev–Trinajstić information content (AvgIpc) is 2.65. The number of benzene rings is 2. The zero-order valence-electron chi connectivity index (χ0n) is 16.2. The Morgan fingerprint density at radius 2 is 1.75 bits per heavy atom. The molecular formula is C20H24N2O5S. The first-order valence-electron chi connectivity index (χ1n) is 8.50. The van der Waals surface area contributed by atoms with E-state index < -0.39 is 10.0 Å². The second kappa shape index (κ2) is 9.27. The molecule has 0 heterocycles. The summed E-state index contributed by atoms with van der Waals surface area (Å²) in [5, 5.41) is 2.88. The largest absolute Gasteiger partial charge is 0.497 e. The Morgan fingerprint density at radius 1 is 1.07 bits per heavy atom. The van der Waals surface area contributed by atoms with Gasteiger partial charge in [0.25, 0.3) is 0 Å². The van der Waals surface area contributed by atoms with Crippen molar-refractivity contribution in [2.75, 3.05) is 25.2 Å². The normalized spacial score (nSPS) is 12.4. The lowest BCUT2D eigenvalue weighted by molar-refractivity contribution is -0.117. The van der Waals surface area contributed by atoms with E-state index in [2.05, 4.69) is 10.0 Å². The fraction of sp³-hybridized carbons (Fsp3) is 0.250. The maximum absolute atomic E-state index is 12.2. The van der Waals surface area contributed by atoms with Crippen LogP contribution in [0.4, 0.5) is 5.69 Å². The summed E-state index contributed by atoms with van der Waals surface area (Å²) in [4.78, 5) is 12.2. The van der Waals surface area contributed by atoms with Gasteiger partial charge in [-0.25, -0.2) is 8.42 Å². The van der Waals surface area contributed by atoms with Crippen molar-refractivity contribution >= 4 is 27.7 Å². The quantitative estimate of drug-likeness (QED) is 0.660. The number of nitrogens with one attached hydrogen (secondary N) is 2. The third-order valence-corrected chi connectivity index (χ3v) is 4.51. The zero-order valence-corrected chi connectivity index (χ0v) is 17.0. The van der Waals surface area contributed by atoms with E-state index in [-0.39, 0.29) is 11.9 Å². The van der Waals surface area contributed by atoms with Crippen LogP contribution in [0, 0.1) is 0 Å². The number of methoxy groups -OCH3 is 2. The monoisotopic (exact) mass is 404 g/mol. The summed E-state index contributed by atoms with van der Waals surface area (Å²) >= 11 is 0. The smallest absolute Gasteiger partial charge is 0.244 e. The number of hydrogen-bond acceptors (Lipinski definition) is 5. The molecule has 2 rings (SSSR count). The number of hydrogen-bond donors (Lipinski definition) is 2. The van der Waals surface area contributed by atoms with E-state index in [1.165, 1.54) is 6.08 Å². The average molecular weight is 404 g/mol. The second-order valence-corrected chi connectivity index (χ2v) is 7.92. The third-order valence-electron chi connectivity index (χ3n) is 3.90. The molecule has 1 amide bonds. The van der Waals surface area contributed by atoms with Crippen molar-refractivity contribution in [1.29, 1.82) is 0 Å². The molecule has 0 aromatic heterocycles. The molecule has 2 aromatic rings. The lowest BCUT2D eigenvalue weighted by atomic mass is 10.1. The first kappa shape index (κ1) is 21.3. The predicted molar refractivity (Wildman–Crippen MR) is 110 cm³/mol. The molecule has 0 saturated heterocycles. The number of carbonyl (C=O) groups excluding carboxylic acids is 1. The number of ether oxygens (including phenoxy) is 2. The molecule has 2 aromatic carbocycles. The van der Waals surface area contributed by atoms with Crippen molar-refractivity contribution in [1.82, 2.24) is 5.32 Å². The Morgan fingerprint density at radius 3 is 2.32 bits per heavy atom. The lowest BCUT2D eigenvalue weighted by Gasteiger charge is -2.17. The Kier molecular flexibility index (Phi) is 7.06. The minimum atomic E-state index is -3.32. The molecule has 2 N–H and O–H groups in total. The molecule has 0 aliphatic rings. The fourth-order valence-corrected chi connectivity index (χ4v) is 3.13. The van der Waals surface area contributed by atoms with Gasteiger partial charge < -0.3 is 14.8 Å². The van der Waals surface area contributed by atoms with Crippen LogP contribution in [0.2, 0.25) is 0 Å². The van der Waals surface area contributed by atoms with Crippen molar-refractivity contribution in [2.24, 2.45) is 0 Å². The lowest BCUT2D eigenvalue weighted by Crippen LogP contribution is -2.25. The van der Waals surface area contributed by atoms with Crippen LogP contribution < -0.4 is 19.5 Å². The maximum Gasteiger partial charge on any atom is 0.244 e. The topological polar surface area (TPSA) is 93.7 Å². The SMILES string of the molecule is COc1ccc(OC)c(C(C)NC(=O)/C=C/c2ccc(NS(C)(=O)=O)cc2)c1. The predicted octanol–water partition coefficient (Wildman–Crippen LogP) is 2.97. The van der Waals surface area contributed by atoms with E-state index in [1.807, 2.05) is 13.0 Å². The highest BCUT2D eigenvalue weighted by Gasteiger charge is 2.14. The van der Waals surface area contributed by atoms with Gasteiger partial charge in [-0.15, -0.1) is 0 Å². The molecule has 0 saturated carbocycles. The van der Waals surface area contributed by atoms with E-state index in [4.69, 9.17) is 9.47 Å². The number of anilines is 1. The van der Waals surface area contributed by atoms with E-state index in [0.29, 0.717) is 17.2 Å². The van der Waals surface area contributed by atoms with Gasteiger partial charge in [-0.05, 0) is 48.9 Å². The molecule has 150 valence electrons. The number of amides is 1. The molecule has 8 heteroatoms. The Hall–Kier alpha value is -3.00. The molecule has 7 nitrogen and oxygen atoms in total. The van der Waals surface area contributed by atoms with Crippen LogP contribution in [-0.2, 0) is 14.8 Å². The molecule has 0 spiro atoms. The fourth-order valence-electron chi connectivity index (χ4n) is 2.57. The summed E-state index contributed by atoms with van der Waals surface area (Å²) in [5.41, 5.74) is 2.03. The highest BCUT2D eigenvalue weighted by Crippen LogP contribution is 2.29. The Balaban J connectivity index is 2.03. The highest BCUT2D eigenvalue weighted by molar-refractivity contribution is 7.92. The summed E-state index contributed by atoms with van der Waals surface area (Å²) in [6, 6.07) is 11.8. The van der Waals surface area contributed by atoms with Crippen LogP contribution in [0.25, 0.3) is 6.08 Å². The van der Waals surface area contributed by atoms with Crippen LogP contribution in [0.5, 0.6) is 11.5 Å². The van der Waals surface area contributed by atoms with Crippen LogP contribution in [-0.4, -0.2) is 34.8 Å². The van der Waals surface area contributed by atoms with Crippen molar-refractivity contribution in [3.63, 3.8) is 0 Å². The number of carbonyl (C=O) groups is 1. The molecule has 1 unspecified atom stereocenters. The van der Waals surface area contributed by atoms with Crippen LogP contribution in [0.15, 0.2) is 48.5 Å². The van der Waals surface area contributed by atoms with Crippen molar-refractivity contribution in [2.45, 2.75) is 13.0 Å². The Labute approximate surface area is 165 Å². The maximum atomic E-state index is 12.2. The van der Waals surface area contributed by atoms with E-state index in [0.717, 1.165) is 17.4 Å². The summed E-state index contributed by atoms with van der Waals surface area (Å²) in [5.74, 6) is 1.07. The van der Waals surface area contributed by atoms with Gasteiger partial charge in [0.05, 0.1) is 26.5 Å². The van der Waals surface area contributed by atoms with Gasteiger partial charge in [-0.2, -0.15) is 0 Å². The van der Waals surface area contributed by atoms with Gasteiger partial charge in [-0.1, -0.05) is 12.1 Å². The second-order valence-electron chi connectivity index (χ2n) is 6.17. The van der Waals surface area contributed by atoms with Crippen LogP contribution >= 0.6 is 0 Å². The van der Waals surface area contributed by atoms with E-state index in [1.54, 1.807) is 56.7 Å². The molecule has 1 atom stereocenters. The van der Waals surface area contributed by atoms with Gasteiger partial charge >= 0.3 is 0 Å². The van der Waals surface area contributed by atoms with Gasteiger partial charge in [0.2, 0.25) is 15.9 Å². The van der Waals surface area contributed by atoms with Crippen LogP contribution in [0.1, 0.15) is 24.1 Å². The minimum absolute atomic E-state index is 0.268. The molecule has 0 aliphatic heterocycles. The molecule has 0 radical (unpaired) electrons. The van der Waals surface area contributed by atoms with Crippen molar-refractivity contribution in [3.8, 4) is 11.5 Å². The summed E-state index contributed by atoms with van der Waals surface area (Å²) < 4.78 is 35.4. The van der Waals surface area contributed by atoms with E-state index in [9.17, 15) is 13.2 Å². The van der Waals surface area contributed by atoms with Crippen molar-refractivity contribution in [3.05, 3.63) is 59.7 Å². The van der Waals surface area contributed by atoms with Gasteiger partial charge in [-0.3, -0.25) is 9.52 Å².